The summed E-state index contributed by atoms with van der Waals surface area (Å²) in [6.45, 7) is 0.0726. The normalized spacial score (nSPS) is 10.8. The molecule has 0 amide bonds. The fraction of sp³-hybridized carbons (Fsp3) is 0.273. The molecule has 0 radical (unpaired) electrons. The first-order valence-electron chi connectivity index (χ1n) is 5.09. The zero-order valence-corrected chi connectivity index (χ0v) is 10.4. The fourth-order valence-corrected chi connectivity index (χ4v) is 1.85. The van der Waals surface area contributed by atoms with Crippen molar-refractivity contribution in [3.8, 4) is 11.4 Å². The van der Waals surface area contributed by atoms with Gasteiger partial charge in [0.05, 0.1) is 0 Å². The van der Waals surface area contributed by atoms with Crippen molar-refractivity contribution in [3.63, 3.8) is 0 Å². The van der Waals surface area contributed by atoms with E-state index in [1.807, 2.05) is 0 Å². The smallest absolute Gasteiger partial charge is 0.227 e. The lowest BCUT2D eigenvalue weighted by molar-refractivity contribution is 0.278. The Morgan fingerprint density at radius 2 is 2.18 bits per heavy atom. The van der Waals surface area contributed by atoms with Crippen molar-refractivity contribution in [1.29, 1.82) is 0 Å². The predicted octanol–water partition coefficient (Wildman–Crippen LogP) is 2.56. The van der Waals surface area contributed by atoms with Crippen LogP contribution in [0.3, 0.4) is 0 Å². The molecule has 0 fully saturated rings. The van der Waals surface area contributed by atoms with Crippen molar-refractivity contribution in [2.45, 2.75) is 12.8 Å². The van der Waals surface area contributed by atoms with Gasteiger partial charge < -0.3 is 9.63 Å². The van der Waals surface area contributed by atoms with Crippen LogP contribution in [0.25, 0.3) is 11.4 Å². The van der Waals surface area contributed by atoms with E-state index in [1.165, 1.54) is 12.1 Å². The summed E-state index contributed by atoms with van der Waals surface area (Å²) in [5, 5.41) is 12.4. The van der Waals surface area contributed by atoms with Crippen molar-refractivity contribution in [2.75, 3.05) is 6.61 Å². The highest BCUT2D eigenvalue weighted by molar-refractivity contribution is 9.10. The minimum Gasteiger partial charge on any atom is -0.396 e. The molecule has 17 heavy (non-hydrogen) atoms. The first kappa shape index (κ1) is 12.2. The maximum Gasteiger partial charge on any atom is 0.227 e. The first-order chi connectivity index (χ1) is 8.19. The third-order valence-corrected chi connectivity index (χ3v) is 2.60. The average Bonchev–Trinajstić information content (AvgIpc) is 2.73. The maximum atomic E-state index is 13.2. The van der Waals surface area contributed by atoms with Gasteiger partial charge in [0.2, 0.25) is 11.7 Å². The lowest BCUT2D eigenvalue weighted by Crippen LogP contribution is -1.89. The van der Waals surface area contributed by atoms with Crippen LogP contribution in [-0.4, -0.2) is 21.9 Å². The number of nitrogens with zero attached hydrogens (tertiary/aromatic N) is 2. The number of rotatable bonds is 4. The monoisotopic (exact) mass is 300 g/mol. The molecule has 1 aromatic carbocycles. The van der Waals surface area contributed by atoms with Crippen LogP contribution in [0.5, 0.6) is 0 Å². The number of benzene rings is 1. The minimum absolute atomic E-state index is 0.0726. The van der Waals surface area contributed by atoms with Crippen LogP contribution in [0.4, 0.5) is 4.39 Å². The Kier molecular flexibility index (Phi) is 3.86. The van der Waals surface area contributed by atoms with Crippen LogP contribution in [-0.2, 0) is 6.42 Å². The van der Waals surface area contributed by atoms with Crippen molar-refractivity contribution in [3.05, 3.63) is 34.4 Å². The highest BCUT2D eigenvalue weighted by Crippen LogP contribution is 2.22. The lowest BCUT2D eigenvalue weighted by atomic mass is 10.2. The molecule has 0 saturated carbocycles. The molecule has 0 saturated heterocycles. The third-order valence-electron chi connectivity index (χ3n) is 2.14. The van der Waals surface area contributed by atoms with Crippen LogP contribution in [0.1, 0.15) is 12.3 Å². The van der Waals surface area contributed by atoms with E-state index in [9.17, 15) is 4.39 Å². The van der Waals surface area contributed by atoms with Gasteiger partial charge in [0, 0.05) is 23.1 Å². The Morgan fingerprint density at radius 1 is 1.35 bits per heavy atom. The number of hydrogen-bond donors (Lipinski definition) is 1. The molecular formula is C11H10BrFN2O2. The highest BCUT2D eigenvalue weighted by Gasteiger charge is 2.10. The Bertz CT molecular complexity index is 496. The molecule has 2 aromatic rings. The van der Waals surface area contributed by atoms with E-state index in [1.54, 1.807) is 6.07 Å². The van der Waals surface area contributed by atoms with Gasteiger partial charge in [0.15, 0.2) is 0 Å². The van der Waals surface area contributed by atoms with Crippen LogP contribution >= 0.6 is 15.9 Å². The summed E-state index contributed by atoms with van der Waals surface area (Å²) in [6, 6.07) is 4.41. The summed E-state index contributed by atoms with van der Waals surface area (Å²) in [6.07, 6.45) is 1.08. The Hall–Kier alpha value is -1.27. The second-order valence-electron chi connectivity index (χ2n) is 3.50. The van der Waals surface area contributed by atoms with Crippen molar-refractivity contribution < 1.29 is 14.0 Å². The second-order valence-corrected chi connectivity index (χ2v) is 4.41. The van der Waals surface area contributed by atoms with E-state index < -0.39 is 0 Å². The number of aliphatic hydroxyl groups is 1. The molecule has 2 rings (SSSR count). The maximum absolute atomic E-state index is 13.2. The van der Waals surface area contributed by atoms with Crippen molar-refractivity contribution in [1.82, 2.24) is 10.1 Å². The van der Waals surface area contributed by atoms with Crippen LogP contribution in [0.15, 0.2) is 27.2 Å². The van der Waals surface area contributed by atoms with Crippen LogP contribution in [0, 0.1) is 5.82 Å². The van der Waals surface area contributed by atoms with Crippen LogP contribution < -0.4 is 0 Å². The first-order valence-corrected chi connectivity index (χ1v) is 5.88. The Morgan fingerprint density at radius 3 is 2.88 bits per heavy atom. The zero-order valence-electron chi connectivity index (χ0n) is 8.86. The van der Waals surface area contributed by atoms with Crippen molar-refractivity contribution >= 4 is 15.9 Å². The average molecular weight is 301 g/mol. The molecule has 0 spiro atoms. The quantitative estimate of drug-likeness (QED) is 0.943. The molecule has 6 heteroatoms. The minimum atomic E-state index is -0.365. The van der Waals surface area contributed by atoms with Gasteiger partial charge in [-0.15, -0.1) is 0 Å². The number of aliphatic hydroxyl groups excluding tert-OH is 1. The van der Waals surface area contributed by atoms with E-state index in [2.05, 4.69) is 26.1 Å². The second kappa shape index (κ2) is 5.37. The molecule has 0 aliphatic carbocycles. The number of aryl methyl sites for hydroxylation is 1. The molecule has 0 aliphatic rings. The molecule has 1 N–H and O–H groups in total. The summed E-state index contributed by atoms with van der Waals surface area (Å²) in [5.74, 6) is 0.420. The van der Waals surface area contributed by atoms with Gasteiger partial charge >= 0.3 is 0 Å². The summed E-state index contributed by atoms with van der Waals surface area (Å²) in [7, 11) is 0. The molecular weight excluding hydrogens is 291 g/mol. The van der Waals surface area contributed by atoms with Gasteiger partial charge in [-0.3, -0.25) is 0 Å². The van der Waals surface area contributed by atoms with Gasteiger partial charge in [-0.1, -0.05) is 21.1 Å². The van der Waals surface area contributed by atoms with Gasteiger partial charge in [0.1, 0.15) is 5.82 Å². The number of aromatic nitrogens is 2. The van der Waals surface area contributed by atoms with Gasteiger partial charge in [-0.25, -0.2) is 4.39 Å². The van der Waals surface area contributed by atoms with E-state index in [4.69, 9.17) is 9.63 Å². The summed E-state index contributed by atoms with van der Waals surface area (Å²) in [5.41, 5.74) is 0.552. The standard InChI is InChI=1S/C11H10BrFN2O2/c12-8-4-7(5-9(13)6-8)11-14-10(17-15-11)2-1-3-16/h4-6,16H,1-3H2. The number of hydrogen-bond acceptors (Lipinski definition) is 4. The molecule has 1 heterocycles. The zero-order chi connectivity index (χ0) is 12.3. The molecule has 0 unspecified atom stereocenters. The summed E-state index contributed by atoms with van der Waals surface area (Å²) >= 11 is 3.20. The lowest BCUT2D eigenvalue weighted by Gasteiger charge is -1.96. The molecule has 90 valence electrons. The summed E-state index contributed by atoms with van der Waals surface area (Å²) < 4.78 is 18.8. The van der Waals surface area contributed by atoms with Crippen LogP contribution in [0.2, 0.25) is 0 Å². The van der Waals surface area contributed by atoms with Gasteiger partial charge in [0.25, 0.3) is 0 Å². The molecule has 0 bridgehead atoms. The highest BCUT2D eigenvalue weighted by atomic mass is 79.9. The molecule has 1 aromatic heterocycles. The van der Waals surface area contributed by atoms with E-state index in [0.717, 1.165) is 0 Å². The fourth-order valence-electron chi connectivity index (χ4n) is 1.39. The number of halogens is 2. The van der Waals surface area contributed by atoms with E-state index in [0.29, 0.717) is 34.6 Å². The van der Waals surface area contributed by atoms with E-state index in [-0.39, 0.29) is 12.4 Å². The largest absolute Gasteiger partial charge is 0.396 e. The van der Waals surface area contributed by atoms with E-state index >= 15 is 0 Å². The summed E-state index contributed by atoms with van der Waals surface area (Å²) in [4.78, 5) is 4.12. The SMILES string of the molecule is OCCCc1nc(-c2cc(F)cc(Br)c2)no1. The van der Waals surface area contributed by atoms with Crippen molar-refractivity contribution in [2.24, 2.45) is 0 Å². The molecule has 0 aliphatic heterocycles. The molecule has 0 atom stereocenters. The predicted molar refractivity (Wildman–Crippen MR) is 62.8 cm³/mol. The Labute approximate surface area is 106 Å². The van der Waals surface area contributed by atoms with Gasteiger partial charge in [-0.05, 0) is 24.6 Å². The third kappa shape index (κ3) is 3.10. The molecule has 4 nitrogen and oxygen atoms in total. The van der Waals surface area contributed by atoms with Gasteiger partial charge in [-0.2, -0.15) is 4.98 Å². The Balaban J connectivity index is 2.24. The topological polar surface area (TPSA) is 59.2 Å².